The van der Waals surface area contributed by atoms with Crippen LogP contribution in [0.3, 0.4) is 0 Å². The normalized spacial score (nSPS) is 14.8. The van der Waals surface area contributed by atoms with E-state index in [0.717, 1.165) is 42.2 Å². The molecule has 0 bridgehead atoms. The first-order valence-electron chi connectivity index (χ1n) is 12.4. The third-order valence-corrected chi connectivity index (χ3v) is 7.47. The van der Waals surface area contributed by atoms with Crippen LogP contribution in [-0.4, -0.2) is 77.7 Å². The number of amides is 2. The van der Waals surface area contributed by atoms with Crippen molar-refractivity contribution in [2.24, 2.45) is 0 Å². The molecule has 1 aliphatic heterocycles. The minimum atomic E-state index is -0.0736. The van der Waals surface area contributed by atoms with Crippen molar-refractivity contribution in [2.45, 2.75) is 32.7 Å². The van der Waals surface area contributed by atoms with Gasteiger partial charge in [0.1, 0.15) is 12.3 Å². The first-order chi connectivity index (χ1) is 17.5. The lowest BCUT2D eigenvalue weighted by atomic mass is 10.1. The molecule has 1 atom stereocenters. The number of carbonyl (C=O) groups excluding carboxylic acids is 2. The van der Waals surface area contributed by atoms with E-state index in [1.165, 1.54) is 11.3 Å². The summed E-state index contributed by atoms with van der Waals surface area (Å²) in [4.78, 5) is 32.7. The van der Waals surface area contributed by atoms with Crippen LogP contribution in [0, 0.1) is 0 Å². The van der Waals surface area contributed by atoms with Crippen LogP contribution in [0.5, 0.6) is 5.75 Å². The molecule has 0 unspecified atom stereocenters. The Bertz CT molecular complexity index is 1150. The highest BCUT2D eigenvalue weighted by Gasteiger charge is 2.27. The molecule has 1 fully saturated rings. The molecule has 9 heteroatoms. The van der Waals surface area contributed by atoms with Gasteiger partial charge in [0, 0.05) is 37.8 Å². The van der Waals surface area contributed by atoms with Crippen molar-refractivity contribution in [3.8, 4) is 17.0 Å². The van der Waals surface area contributed by atoms with Crippen molar-refractivity contribution in [1.29, 1.82) is 0 Å². The van der Waals surface area contributed by atoms with Gasteiger partial charge in [-0.2, -0.15) is 0 Å². The summed E-state index contributed by atoms with van der Waals surface area (Å²) in [5, 5.41) is 10.8. The Morgan fingerprint density at radius 2 is 1.94 bits per heavy atom. The van der Waals surface area contributed by atoms with E-state index in [-0.39, 0.29) is 24.4 Å². The zero-order valence-electron chi connectivity index (χ0n) is 21.1. The molecule has 2 amide bonds. The smallest absolute Gasteiger partial charge is 0.264 e. The number of aromatic nitrogens is 2. The number of nitrogens with zero attached hydrogens (tertiary/aromatic N) is 5. The van der Waals surface area contributed by atoms with Gasteiger partial charge in [0.05, 0.1) is 17.7 Å². The van der Waals surface area contributed by atoms with Crippen LogP contribution >= 0.6 is 11.3 Å². The van der Waals surface area contributed by atoms with Gasteiger partial charge in [-0.25, -0.2) is 0 Å². The number of hydrogen-bond donors (Lipinski definition) is 0. The molecule has 1 aliphatic rings. The largest absolute Gasteiger partial charge is 0.497 e. The summed E-state index contributed by atoms with van der Waals surface area (Å²) in [6.45, 7) is 6.83. The minimum Gasteiger partial charge on any atom is -0.497 e. The van der Waals surface area contributed by atoms with Crippen LogP contribution in [0.15, 0.2) is 53.9 Å². The Morgan fingerprint density at radius 1 is 1.08 bits per heavy atom. The van der Waals surface area contributed by atoms with Crippen LogP contribution in [0.4, 0.5) is 5.82 Å². The van der Waals surface area contributed by atoms with Gasteiger partial charge in [-0.15, -0.1) is 21.5 Å². The zero-order chi connectivity index (χ0) is 25.5. The van der Waals surface area contributed by atoms with E-state index in [2.05, 4.69) is 15.1 Å². The van der Waals surface area contributed by atoms with Gasteiger partial charge in [0.25, 0.3) is 5.91 Å². The summed E-state index contributed by atoms with van der Waals surface area (Å²) in [5.41, 5.74) is 1.73. The lowest BCUT2D eigenvalue weighted by molar-refractivity contribution is -0.132. The second-order valence-corrected chi connectivity index (χ2v) is 9.85. The number of anilines is 1. The van der Waals surface area contributed by atoms with Crippen LogP contribution in [0.2, 0.25) is 0 Å². The molecule has 1 saturated heterocycles. The molecule has 0 spiro atoms. The average molecular weight is 508 g/mol. The maximum Gasteiger partial charge on any atom is 0.264 e. The molecule has 4 rings (SSSR count). The minimum absolute atomic E-state index is 0.00889. The van der Waals surface area contributed by atoms with Crippen molar-refractivity contribution in [1.82, 2.24) is 20.0 Å². The number of hydrogen-bond acceptors (Lipinski definition) is 7. The number of thiophene rings is 1. The van der Waals surface area contributed by atoms with E-state index >= 15 is 0 Å². The van der Waals surface area contributed by atoms with Gasteiger partial charge in [0.15, 0.2) is 5.82 Å². The standard InChI is InChI=1S/C27H33N5O3S/c1-4-20(2)32(27(34)24-10-6-17-36-24)19-26(33)31-14-7-13-30(15-16-31)25-12-11-23(28-29-25)21-8-5-9-22(18-21)35-3/h5-6,8-12,17-18,20H,4,7,13-16,19H2,1-3H3/t20-/m0/s1. The van der Waals surface area contributed by atoms with Crippen molar-refractivity contribution in [3.63, 3.8) is 0 Å². The molecule has 0 N–H and O–H groups in total. The molecule has 1 aromatic carbocycles. The first kappa shape index (κ1) is 25.6. The number of ether oxygens (including phenoxy) is 1. The number of methoxy groups -OCH3 is 1. The quantitative estimate of drug-likeness (QED) is 0.455. The molecule has 0 aliphatic carbocycles. The van der Waals surface area contributed by atoms with Crippen LogP contribution in [0.1, 0.15) is 36.4 Å². The third-order valence-electron chi connectivity index (χ3n) is 6.61. The van der Waals surface area contributed by atoms with E-state index in [1.54, 1.807) is 12.0 Å². The summed E-state index contributed by atoms with van der Waals surface area (Å²) in [7, 11) is 1.64. The number of carbonyl (C=O) groups is 2. The SMILES string of the molecule is CC[C@H](C)N(CC(=O)N1CCCN(c2ccc(-c3cccc(OC)c3)nn2)CC1)C(=O)c1cccs1. The third kappa shape index (κ3) is 6.02. The van der Waals surface area contributed by atoms with Gasteiger partial charge in [-0.05, 0) is 55.5 Å². The molecule has 36 heavy (non-hydrogen) atoms. The Labute approximate surface area is 216 Å². The Hall–Kier alpha value is -3.46. The second kappa shape index (κ2) is 12.0. The predicted octanol–water partition coefficient (Wildman–Crippen LogP) is 4.19. The monoisotopic (exact) mass is 507 g/mol. The summed E-state index contributed by atoms with van der Waals surface area (Å²) in [5.74, 6) is 1.49. The van der Waals surface area contributed by atoms with E-state index in [4.69, 9.17) is 4.74 Å². The second-order valence-electron chi connectivity index (χ2n) is 8.90. The molecular formula is C27H33N5O3S. The molecule has 0 saturated carbocycles. The Kier molecular flexibility index (Phi) is 8.53. The summed E-state index contributed by atoms with van der Waals surface area (Å²) in [6, 6.07) is 15.4. The lowest BCUT2D eigenvalue weighted by Crippen LogP contribution is -2.47. The van der Waals surface area contributed by atoms with Crippen molar-refractivity contribution in [2.75, 3.05) is 44.7 Å². The highest BCUT2D eigenvalue weighted by molar-refractivity contribution is 7.12. The summed E-state index contributed by atoms with van der Waals surface area (Å²) >= 11 is 1.41. The average Bonchev–Trinajstić information content (AvgIpc) is 3.35. The maximum atomic E-state index is 13.2. The fraction of sp³-hybridized carbons (Fsp3) is 0.407. The van der Waals surface area contributed by atoms with Gasteiger partial charge < -0.3 is 19.4 Å². The van der Waals surface area contributed by atoms with Gasteiger partial charge in [-0.1, -0.05) is 25.1 Å². The molecule has 8 nitrogen and oxygen atoms in total. The van der Waals surface area contributed by atoms with E-state index in [0.29, 0.717) is 24.5 Å². The Morgan fingerprint density at radius 3 is 2.64 bits per heavy atom. The van der Waals surface area contributed by atoms with Crippen LogP contribution in [-0.2, 0) is 4.79 Å². The molecule has 190 valence electrons. The first-order valence-corrected chi connectivity index (χ1v) is 13.2. The van der Waals surface area contributed by atoms with Crippen molar-refractivity contribution < 1.29 is 14.3 Å². The molecule has 0 radical (unpaired) electrons. The zero-order valence-corrected chi connectivity index (χ0v) is 21.9. The lowest BCUT2D eigenvalue weighted by Gasteiger charge is -2.30. The predicted molar refractivity (Wildman–Crippen MR) is 143 cm³/mol. The van der Waals surface area contributed by atoms with E-state index in [1.807, 2.05) is 72.7 Å². The van der Waals surface area contributed by atoms with Crippen LogP contribution in [0.25, 0.3) is 11.3 Å². The van der Waals surface area contributed by atoms with E-state index < -0.39 is 0 Å². The highest BCUT2D eigenvalue weighted by Crippen LogP contribution is 2.23. The summed E-state index contributed by atoms with van der Waals surface area (Å²) in [6.07, 6.45) is 1.62. The molecule has 2 aromatic heterocycles. The molecule has 3 heterocycles. The topological polar surface area (TPSA) is 78.9 Å². The van der Waals surface area contributed by atoms with Gasteiger partial charge in [0.2, 0.25) is 5.91 Å². The fourth-order valence-electron chi connectivity index (χ4n) is 4.26. The van der Waals surface area contributed by atoms with Crippen LogP contribution < -0.4 is 9.64 Å². The van der Waals surface area contributed by atoms with Gasteiger partial charge in [-0.3, -0.25) is 9.59 Å². The fourth-order valence-corrected chi connectivity index (χ4v) is 4.94. The Balaban J connectivity index is 1.38. The van der Waals surface area contributed by atoms with Crippen molar-refractivity contribution >= 4 is 29.0 Å². The maximum absolute atomic E-state index is 13.2. The van der Waals surface area contributed by atoms with Crippen molar-refractivity contribution in [3.05, 3.63) is 58.8 Å². The molecule has 3 aromatic rings. The van der Waals surface area contributed by atoms with E-state index in [9.17, 15) is 9.59 Å². The molecular weight excluding hydrogens is 474 g/mol. The summed E-state index contributed by atoms with van der Waals surface area (Å²) < 4.78 is 5.30. The number of rotatable bonds is 8. The van der Waals surface area contributed by atoms with Gasteiger partial charge >= 0.3 is 0 Å². The number of benzene rings is 1. The highest BCUT2D eigenvalue weighted by atomic mass is 32.1.